The molecule has 3 nitrogen and oxygen atoms in total. The molecule has 0 aliphatic rings. The Bertz CT molecular complexity index is 769. The van der Waals surface area contributed by atoms with E-state index < -0.39 is 0 Å². The van der Waals surface area contributed by atoms with Gasteiger partial charge in [0.15, 0.2) is 0 Å². The maximum atomic E-state index is 13.5. The standard InChI is InChI=1S/C16H13F2N3.ClH/c17-14-2-4-15(5-3-14)21-10-13(9-20-21)11-1-6-16(18)12(7-11)8-19;/h1-7,9-10H,8,19H2;1H. The third-order valence-electron chi connectivity index (χ3n) is 3.27. The number of hydrogen-bond donors (Lipinski definition) is 1. The van der Waals surface area contributed by atoms with Crippen LogP contribution in [0.3, 0.4) is 0 Å². The zero-order chi connectivity index (χ0) is 14.8. The highest BCUT2D eigenvalue weighted by Crippen LogP contribution is 2.22. The summed E-state index contributed by atoms with van der Waals surface area (Å²) in [6.45, 7) is 0.145. The molecule has 0 radical (unpaired) electrons. The number of benzene rings is 2. The minimum atomic E-state index is -0.313. The minimum absolute atomic E-state index is 0. The molecule has 0 saturated carbocycles. The monoisotopic (exact) mass is 321 g/mol. The first-order valence-corrected chi connectivity index (χ1v) is 6.47. The van der Waals surface area contributed by atoms with E-state index in [4.69, 9.17) is 5.73 Å². The Balaban J connectivity index is 0.00000176. The summed E-state index contributed by atoms with van der Waals surface area (Å²) < 4.78 is 28.0. The van der Waals surface area contributed by atoms with Crippen LogP contribution in [0.5, 0.6) is 0 Å². The van der Waals surface area contributed by atoms with Gasteiger partial charge in [0, 0.05) is 23.9 Å². The van der Waals surface area contributed by atoms with Gasteiger partial charge in [-0.05, 0) is 42.0 Å². The lowest BCUT2D eigenvalue weighted by Gasteiger charge is -2.03. The zero-order valence-corrected chi connectivity index (χ0v) is 12.4. The van der Waals surface area contributed by atoms with Crippen LogP contribution in [0.15, 0.2) is 54.9 Å². The Morgan fingerprint density at radius 3 is 2.41 bits per heavy atom. The second-order valence-electron chi connectivity index (χ2n) is 4.66. The van der Waals surface area contributed by atoms with Crippen molar-refractivity contribution in [3.05, 3.63) is 72.1 Å². The van der Waals surface area contributed by atoms with E-state index in [0.717, 1.165) is 16.8 Å². The van der Waals surface area contributed by atoms with E-state index in [0.29, 0.717) is 5.56 Å². The molecule has 0 atom stereocenters. The SMILES string of the molecule is Cl.NCc1cc(-c2cnn(-c3ccc(F)cc3)c2)ccc1F. The van der Waals surface area contributed by atoms with Gasteiger partial charge in [-0.15, -0.1) is 12.4 Å². The molecule has 1 heterocycles. The first-order valence-electron chi connectivity index (χ1n) is 6.47. The Kier molecular flexibility index (Phi) is 4.90. The summed E-state index contributed by atoms with van der Waals surface area (Å²) in [5, 5.41) is 4.24. The summed E-state index contributed by atoms with van der Waals surface area (Å²) in [7, 11) is 0. The molecule has 6 heteroatoms. The van der Waals surface area contributed by atoms with Gasteiger partial charge in [-0.1, -0.05) is 6.07 Å². The second kappa shape index (κ2) is 6.68. The summed E-state index contributed by atoms with van der Waals surface area (Å²) in [6.07, 6.45) is 3.48. The van der Waals surface area contributed by atoms with Crippen molar-refractivity contribution < 1.29 is 8.78 Å². The van der Waals surface area contributed by atoms with Gasteiger partial charge in [0.1, 0.15) is 11.6 Å². The average molecular weight is 322 g/mol. The number of nitrogens with two attached hydrogens (primary N) is 1. The van der Waals surface area contributed by atoms with Crippen LogP contribution in [-0.4, -0.2) is 9.78 Å². The largest absolute Gasteiger partial charge is 0.326 e. The summed E-state index contributed by atoms with van der Waals surface area (Å²) in [4.78, 5) is 0. The van der Waals surface area contributed by atoms with Crippen molar-refractivity contribution in [2.75, 3.05) is 0 Å². The maximum Gasteiger partial charge on any atom is 0.127 e. The van der Waals surface area contributed by atoms with Gasteiger partial charge in [0.2, 0.25) is 0 Å². The fourth-order valence-electron chi connectivity index (χ4n) is 2.12. The molecule has 0 aliphatic heterocycles. The van der Waals surface area contributed by atoms with Crippen molar-refractivity contribution in [2.24, 2.45) is 5.73 Å². The van der Waals surface area contributed by atoms with Gasteiger partial charge < -0.3 is 5.73 Å². The molecule has 0 unspecified atom stereocenters. The van der Waals surface area contributed by atoms with E-state index in [1.165, 1.54) is 18.2 Å². The fourth-order valence-corrected chi connectivity index (χ4v) is 2.12. The maximum absolute atomic E-state index is 13.5. The highest BCUT2D eigenvalue weighted by atomic mass is 35.5. The van der Waals surface area contributed by atoms with Crippen LogP contribution in [-0.2, 0) is 6.54 Å². The van der Waals surface area contributed by atoms with E-state index in [1.54, 1.807) is 41.3 Å². The van der Waals surface area contributed by atoms with Crippen molar-refractivity contribution in [1.29, 1.82) is 0 Å². The third kappa shape index (κ3) is 3.16. The molecule has 2 aromatic carbocycles. The van der Waals surface area contributed by atoms with Crippen LogP contribution in [0.1, 0.15) is 5.56 Å². The van der Waals surface area contributed by atoms with Crippen molar-refractivity contribution in [1.82, 2.24) is 9.78 Å². The number of hydrogen-bond acceptors (Lipinski definition) is 2. The molecular formula is C16H14ClF2N3. The average Bonchev–Trinajstić information content (AvgIpc) is 2.98. The Morgan fingerprint density at radius 2 is 1.73 bits per heavy atom. The van der Waals surface area contributed by atoms with Crippen molar-refractivity contribution in [2.45, 2.75) is 6.54 Å². The summed E-state index contributed by atoms with van der Waals surface area (Å²) in [5.41, 5.74) is 8.41. The van der Waals surface area contributed by atoms with E-state index in [9.17, 15) is 8.78 Å². The first-order chi connectivity index (χ1) is 10.2. The van der Waals surface area contributed by atoms with E-state index in [-0.39, 0.29) is 30.6 Å². The molecule has 0 saturated heterocycles. The van der Waals surface area contributed by atoms with Gasteiger partial charge in [-0.3, -0.25) is 0 Å². The van der Waals surface area contributed by atoms with E-state index in [1.807, 2.05) is 0 Å². The fraction of sp³-hybridized carbons (Fsp3) is 0.0625. The molecule has 114 valence electrons. The third-order valence-corrected chi connectivity index (χ3v) is 3.27. The lowest BCUT2D eigenvalue weighted by atomic mass is 10.1. The van der Waals surface area contributed by atoms with Crippen molar-refractivity contribution in [3.8, 4) is 16.8 Å². The van der Waals surface area contributed by atoms with E-state index >= 15 is 0 Å². The van der Waals surface area contributed by atoms with Gasteiger partial charge in [0.25, 0.3) is 0 Å². The van der Waals surface area contributed by atoms with Crippen LogP contribution in [0.4, 0.5) is 8.78 Å². The van der Waals surface area contributed by atoms with Crippen molar-refractivity contribution >= 4 is 12.4 Å². The number of rotatable bonds is 3. The molecule has 0 amide bonds. The highest BCUT2D eigenvalue weighted by molar-refractivity contribution is 5.85. The molecular weight excluding hydrogens is 308 g/mol. The lowest BCUT2D eigenvalue weighted by Crippen LogP contribution is -1.99. The first kappa shape index (κ1) is 16.1. The summed E-state index contributed by atoms with van der Waals surface area (Å²) in [6, 6.07) is 10.8. The van der Waals surface area contributed by atoms with Crippen LogP contribution in [0.2, 0.25) is 0 Å². The van der Waals surface area contributed by atoms with Crippen LogP contribution < -0.4 is 5.73 Å². The topological polar surface area (TPSA) is 43.8 Å². The molecule has 1 aromatic heterocycles. The smallest absolute Gasteiger partial charge is 0.127 e. The zero-order valence-electron chi connectivity index (χ0n) is 11.5. The molecule has 2 N–H and O–H groups in total. The second-order valence-corrected chi connectivity index (χ2v) is 4.66. The molecule has 0 fully saturated rings. The molecule has 0 aliphatic carbocycles. The van der Waals surface area contributed by atoms with Gasteiger partial charge in [0.05, 0.1) is 11.9 Å². The predicted octanol–water partition coefficient (Wildman–Crippen LogP) is 3.70. The van der Waals surface area contributed by atoms with Crippen LogP contribution in [0.25, 0.3) is 16.8 Å². The van der Waals surface area contributed by atoms with E-state index in [2.05, 4.69) is 5.10 Å². The molecule has 0 spiro atoms. The minimum Gasteiger partial charge on any atom is -0.326 e. The lowest BCUT2D eigenvalue weighted by molar-refractivity contribution is 0.611. The van der Waals surface area contributed by atoms with Crippen LogP contribution >= 0.6 is 12.4 Å². The number of nitrogens with zero attached hydrogens (tertiary/aromatic N) is 2. The summed E-state index contributed by atoms with van der Waals surface area (Å²) in [5.74, 6) is -0.607. The quantitative estimate of drug-likeness (QED) is 0.799. The molecule has 22 heavy (non-hydrogen) atoms. The van der Waals surface area contributed by atoms with Crippen LogP contribution in [0, 0.1) is 11.6 Å². The molecule has 3 rings (SSSR count). The highest BCUT2D eigenvalue weighted by Gasteiger charge is 2.07. The van der Waals surface area contributed by atoms with Gasteiger partial charge in [-0.2, -0.15) is 5.10 Å². The Morgan fingerprint density at radius 1 is 1.00 bits per heavy atom. The number of aromatic nitrogens is 2. The Hall–Kier alpha value is -2.24. The van der Waals surface area contributed by atoms with Crippen molar-refractivity contribution in [3.63, 3.8) is 0 Å². The van der Waals surface area contributed by atoms with Gasteiger partial charge >= 0.3 is 0 Å². The summed E-state index contributed by atoms with van der Waals surface area (Å²) >= 11 is 0. The molecule has 3 aromatic rings. The van der Waals surface area contributed by atoms with Gasteiger partial charge in [-0.25, -0.2) is 13.5 Å². The Labute approximate surface area is 132 Å². The molecule has 0 bridgehead atoms. The number of halogens is 3. The predicted molar refractivity (Wildman–Crippen MR) is 84.1 cm³/mol. The normalized spacial score (nSPS) is 10.3.